The quantitative estimate of drug-likeness (QED) is 0.816. The van der Waals surface area contributed by atoms with Crippen molar-refractivity contribution in [2.45, 2.75) is 69.2 Å². The molecule has 2 saturated carbocycles. The summed E-state index contributed by atoms with van der Waals surface area (Å²) in [6, 6.07) is 0. The van der Waals surface area contributed by atoms with Crippen molar-refractivity contribution >= 4 is 0 Å². The van der Waals surface area contributed by atoms with Crippen LogP contribution in [0.15, 0.2) is 0 Å². The molecule has 3 fully saturated rings. The summed E-state index contributed by atoms with van der Waals surface area (Å²) in [5, 5.41) is 3.24. The Hall–Kier alpha value is -0.120. The Bertz CT molecular complexity index is 270. The molecule has 1 unspecified atom stereocenters. The van der Waals surface area contributed by atoms with Crippen LogP contribution in [-0.2, 0) is 9.47 Å². The van der Waals surface area contributed by atoms with Gasteiger partial charge in [0.15, 0.2) is 0 Å². The lowest BCUT2D eigenvalue weighted by molar-refractivity contribution is -0.103. The maximum atomic E-state index is 6.27. The summed E-state index contributed by atoms with van der Waals surface area (Å²) in [5.41, 5.74) is 0.266. The van der Waals surface area contributed by atoms with Gasteiger partial charge in [0.1, 0.15) is 0 Å². The zero-order valence-electron chi connectivity index (χ0n) is 11.6. The van der Waals surface area contributed by atoms with E-state index in [-0.39, 0.29) is 5.60 Å². The number of ether oxygens (including phenoxy) is 2. The Kier molecular flexibility index (Phi) is 3.92. The molecule has 1 aliphatic heterocycles. The second kappa shape index (κ2) is 5.48. The minimum absolute atomic E-state index is 0.266. The maximum Gasteiger partial charge on any atom is 0.0817 e. The van der Waals surface area contributed by atoms with Gasteiger partial charge in [0.05, 0.1) is 24.4 Å². The standard InChI is InChI=1S/C15H27NO2/c1-16-10-12-8-14(9-12)17-11-13-4-7-15(18-13)5-2-3-6-15/h12-14,16H,2-11H2,1H3. The summed E-state index contributed by atoms with van der Waals surface area (Å²) in [4.78, 5) is 0. The molecule has 104 valence electrons. The average molecular weight is 253 g/mol. The summed E-state index contributed by atoms with van der Waals surface area (Å²) in [6.07, 6.45) is 11.1. The molecule has 2 aliphatic carbocycles. The second-order valence-corrected chi connectivity index (χ2v) is 6.52. The molecular weight excluding hydrogens is 226 g/mol. The fourth-order valence-corrected chi connectivity index (χ4v) is 3.91. The third kappa shape index (κ3) is 2.73. The summed E-state index contributed by atoms with van der Waals surface area (Å²) in [5.74, 6) is 0.839. The monoisotopic (exact) mass is 253 g/mol. The van der Waals surface area contributed by atoms with Gasteiger partial charge in [0, 0.05) is 0 Å². The molecular formula is C15H27NO2. The van der Waals surface area contributed by atoms with Gasteiger partial charge in [-0.25, -0.2) is 0 Å². The van der Waals surface area contributed by atoms with E-state index in [2.05, 4.69) is 5.32 Å². The minimum atomic E-state index is 0.266. The Labute approximate surface area is 111 Å². The highest BCUT2D eigenvalue weighted by Crippen LogP contribution is 2.43. The van der Waals surface area contributed by atoms with Crippen molar-refractivity contribution in [2.24, 2.45) is 5.92 Å². The summed E-state index contributed by atoms with van der Waals surface area (Å²) < 4.78 is 12.3. The molecule has 0 radical (unpaired) electrons. The minimum Gasteiger partial charge on any atom is -0.376 e. The fourth-order valence-electron chi connectivity index (χ4n) is 3.91. The van der Waals surface area contributed by atoms with E-state index in [1.807, 2.05) is 7.05 Å². The molecule has 1 atom stereocenters. The van der Waals surface area contributed by atoms with Crippen LogP contribution in [0.2, 0.25) is 0 Å². The molecule has 18 heavy (non-hydrogen) atoms. The fraction of sp³-hybridized carbons (Fsp3) is 1.00. The Morgan fingerprint density at radius 1 is 1.22 bits per heavy atom. The van der Waals surface area contributed by atoms with E-state index >= 15 is 0 Å². The van der Waals surface area contributed by atoms with Crippen LogP contribution in [0, 0.1) is 5.92 Å². The highest BCUT2D eigenvalue weighted by Gasteiger charge is 2.42. The number of rotatable bonds is 5. The number of nitrogens with one attached hydrogen (secondary N) is 1. The Balaban J connectivity index is 1.33. The number of hydrogen-bond acceptors (Lipinski definition) is 3. The van der Waals surface area contributed by atoms with Crippen LogP contribution in [-0.4, -0.2) is 38.0 Å². The molecule has 3 aliphatic rings. The van der Waals surface area contributed by atoms with Crippen LogP contribution >= 0.6 is 0 Å². The molecule has 0 bridgehead atoms. The molecule has 1 heterocycles. The van der Waals surface area contributed by atoms with E-state index in [4.69, 9.17) is 9.47 Å². The third-order valence-electron chi connectivity index (χ3n) is 5.06. The van der Waals surface area contributed by atoms with Gasteiger partial charge >= 0.3 is 0 Å². The maximum absolute atomic E-state index is 6.27. The van der Waals surface area contributed by atoms with Gasteiger partial charge in [0.25, 0.3) is 0 Å². The van der Waals surface area contributed by atoms with Crippen molar-refractivity contribution < 1.29 is 9.47 Å². The molecule has 3 heteroatoms. The zero-order valence-corrected chi connectivity index (χ0v) is 11.6. The first-order chi connectivity index (χ1) is 8.80. The average Bonchev–Trinajstić information content (AvgIpc) is 2.93. The normalized spacial score (nSPS) is 38.2. The molecule has 1 spiro atoms. The topological polar surface area (TPSA) is 30.5 Å². The highest BCUT2D eigenvalue weighted by molar-refractivity contribution is 4.93. The summed E-state index contributed by atoms with van der Waals surface area (Å²) in [6.45, 7) is 1.97. The van der Waals surface area contributed by atoms with E-state index in [0.717, 1.165) is 19.1 Å². The van der Waals surface area contributed by atoms with Gasteiger partial charge in [-0.3, -0.25) is 0 Å². The van der Waals surface area contributed by atoms with Gasteiger partial charge in [-0.2, -0.15) is 0 Å². The van der Waals surface area contributed by atoms with Crippen molar-refractivity contribution in [3.63, 3.8) is 0 Å². The third-order valence-corrected chi connectivity index (χ3v) is 5.06. The van der Waals surface area contributed by atoms with Gasteiger partial charge in [-0.1, -0.05) is 12.8 Å². The lowest BCUT2D eigenvalue weighted by atomic mass is 9.82. The van der Waals surface area contributed by atoms with E-state index < -0.39 is 0 Å². The lowest BCUT2D eigenvalue weighted by Gasteiger charge is -2.35. The van der Waals surface area contributed by atoms with Crippen LogP contribution in [0.25, 0.3) is 0 Å². The molecule has 3 rings (SSSR count). The number of hydrogen-bond donors (Lipinski definition) is 1. The molecule has 3 nitrogen and oxygen atoms in total. The van der Waals surface area contributed by atoms with Crippen molar-refractivity contribution in [3.8, 4) is 0 Å². The summed E-state index contributed by atoms with van der Waals surface area (Å²) in [7, 11) is 2.03. The zero-order chi connectivity index (χ0) is 12.4. The summed E-state index contributed by atoms with van der Waals surface area (Å²) >= 11 is 0. The predicted octanol–water partition coefficient (Wildman–Crippen LogP) is 2.49. The van der Waals surface area contributed by atoms with Crippen molar-refractivity contribution in [3.05, 3.63) is 0 Å². The first-order valence-electron chi connectivity index (χ1n) is 7.74. The SMILES string of the molecule is CNCC1CC(OCC2CCC3(CCCC3)O2)C1. The van der Waals surface area contributed by atoms with Gasteiger partial charge in [-0.05, 0) is 58.0 Å². The molecule has 0 aromatic carbocycles. The Morgan fingerprint density at radius 3 is 2.72 bits per heavy atom. The molecule has 0 amide bonds. The smallest absolute Gasteiger partial charge is 0.0817 e. The van der Waals surface area contributed by atoms with E-state index in [1.54, 1.807) is 0 Å². The molecule has 1 N–H and O–H groups in total. The van der Waals surface area contributed by atoms with E-state index in [0.29, 0.717) is 12.2 Å². The highest BCUT2D eigenvalue weighted by atomic mass is 16.6. The lowest BCUT2D eigenvalue weighted by Crippen LogP contribution is -2.38. The van der Waals surface area contributed by atoms with E-state index in [1.165, 1.54) is 51.4 Å². The Morgan fingerprint density at radius 2 is 2.00 bits per heavy atom. The molecule has 0 aromatic rings. The molecule has 0 aromatic heterocycles. The van der Waals surface area contributed by atoms with Crippen molar-refractivity contribution in [1.82, 2.24) is 5.32 Å². The van der Waals surface area contributed by atoms with Crippen LogP contribution in [0.5, 0.6) is 0 Å². The predicted molar refractivity (Wildman–Crippen MR) is 71.7 cm³/mol. The first kappa shape index (κ1) is 12.9. The largest absolute Gasteiger partial charge is 0.376 e. The van der Waals surface area contributed by atoms with Gasteiger partial charge in [0.2, 0.25) is 0 Å². The molecule has 1 saturated heterocycles. The first-order valence-corrected chi connectivity index (χ1v) is 7.74. The second-order valence-electron chi connectivity index (χ2n) is 6.52. The van der Waals surface area contributed by atoms with Crippen molar-refractivity contribution in [1.29, 1.82) is 0 Å². The van der Waals surface area contributed by atoms with Crippen LogP contribution in [0.3, 0.4) is 0 Å². The van der Waals surface area contributed by atoms with Crippen LogP contribution in [0.1, 0.15) is 51.4 Å². The van der Waals surface area contributed by atoms with Crippen molar-refractivity contribution in [2.75, 3.05) is 20.2 Å². The van der Waals surface area contributed by atoms with E-state index in [9.17, 15) is 0 Å². The van der Waals surface area contributed by atoms with Gasteiger partial charge in [-0.15, -0.1) is 0 Å². The van der Waals surface area contributed by atoms with Crippen LogP contribution in [0.4, 0.5) is 0 Å². The van der Waals surface area contributed by atoms with Crippen LogP contribution < -0.4 is 5.32 Å². The van der Waals surface area contributed by atoms with Gasteiger partial charge < -0.3 is 14.8 Å².